The van der Waals surface area contributed by atoms with Crippen LogP contribution in [0.1, 0.15) is 68.9 Å². The van der Waals surface area contributed by atoms with E-state index in [1.165, 1.54) is 0 Å². The van der Waals surface area contributed by atoms with Crippen LogP contribution in [0.2, 0.25) is 0 Å². The van der Waals surface area contributed by atoms with Crippen LogP contribution in [0.3, 0.4) is 0 Å². The van der Waals surface area contributed by atoms with Crippen molar-refractivity contribution >= 4 is 27.7 Å². The fourth-order valence-electron chi connectivity index (χ4n) is 5.20. The minimum atomic E-state index is -0.205. The molecule has 1 aliphatic heterocycles. The number of hydrogen-bond acceptors (Lipinski definition) is 5. The summed E-state index contributed by atoms with van der Waals surface area (Å²) in [6.45, 7) is 4.13. The zero-order chi connectivity index (χ0) is 28.1. The smallest absolute Gasteiger partial charge is 0.263 e. The Kier molecular flexibility index (Phi) is 6.66. The molecular weight excluding hydrogens is 572 g/mol. The van der Waals surface area contributed by atoms with E-state index in [0.717, 1.165) is 28.6 Å². The van der Waals surface area contributed by atoms with E-state index < -0.39 is 0 Å². The molecular formula is C30H29BrN6O3. The highest BCUT2D eigenvalue weighted by molar-refractivity contribution is 9.10. The van der Waals surface area contributed by atoms with Crippen LogP contribution >= 0.6 is 15.9 Å². The van der Waals surface area contributed by atoms with Crippen molar-refractivity contribution in [3.05, 3.63) is 103 Å². The summed E-state index contributed by atoms with van der Waals surface area (Å²) in [6, 6.07) is 14.2. The number of nitrogens with one attached hydrogen (secondary N) is 1. The molecule has 3 heterocycles. The highest BCUT2D eigenvalue weighted by Gasteiger charge is 2.33. The van der Waals surface area contributed by atoms with Crippen LogP contribution in [0.4, 0.5) is 0 Å². The largest absolute Gasteiger partial charge is 0.355 e. The second-order valence-corrected chi connectivity index (χ2v) is 11.4. The lowest BCUT2D eigenvalue weighted by Crippen LogP contribution is -2.46. The van der Waals surface area contributed by atoms with Gasteiger partial charge in [-0.1, -0.05) is 15.9 Å². The Hall–Kier alpha value is -4.05. The van der Waals surface area contributed by atoms with Gasteiger partial charge in [-0.2, -0.15) is 5.10 Å². The van der Waals surface area contributed by atoms with Crippen molar-refractivity contribution in [2.45, 2.75) is 51.6 Å². The van der Waals surface area contributed by atoms with Crippen molar-refractivity contribution < 1.29 is 9.59 Å². The maximum Gasteiger partial charge on any atom is 0.263 e. The van der Waals surface area contributed by atoms with Crippen molar-refractivity contribution in [1.82, 2.24) is 29.5 Å². The summed E-state index contributed by atoms with van der Waals surface area (Å²) in [4.78, 5) is 46.5. The summed E-state index contributed by atoms with van der Waals surface area (Å²) in [7, 11) is 1.58. The molecule has 1 N–H and O–H groups in total. The normalized spacial score (nSPS) is 16.5. The molecule has 1 atom stereocenters. The second kappa shape index (κ2) is 10.2. The zero-order valence-electron chi connectivity index (χ0n) is 22.5. The minimum Gasteiger partial charge on any atom is -0.355 e. The molecule has 2 amide bonds. The standard InChI is InChI=1S/C30H29BrN6O3/c1-17-14-21(8-11-24(17)31)28(39)35-16-26-23(15-18(35)2)29(40)37(22-9-6-20(7-10-22)27(38)32-3)30(33-26)36-13-12-25(34-36)19-4-5-19/h6-14,18-19H,4-5,15-16H2,1-3H3,(H,32,38)/t18-/m1/s1. The minimum absolute atomic E-state index is 0.0961. The molecule has 1 fully saturated rings. The lowest BCUT2D eigenvalue weighted by Gasteiger charge is -2.34. The quantitative estimate of drug-likeness (QED) is 0.368. The fraction of sp³-hybridized carbons (Fsp3) is 0.300. The zero-order valence-corrected chi connectivity index (χ0v) is 24.1. The van der Waals surface area contributed by atoms with E-state index in [4.69, 9.17) is 10.1 Å². The molecule has 0 unspecified atom stereocenters. The van der Waals surface area contributed by atoms with Crippen LogP contribution in [0.25, 0.3) is 11.6 Å². The highest BCUT2D eigenvalue weighted by Crippen LogP contribution is 2.39. The van der Waals surface area contributed by atoms with Gasteiger partial charge in [0.1, 0.15) is 0 Å². The summed E-state index contributed by atoms with van der Waals surface area (Å²) in [5, 5.41) is 7.37. The number of fused-ring (bicyclic) bond motifs is 1. The molecule has 0 radical (unpaired) electrons. The maximum absolute atomic E-state index is 14.1. The van der Waals surface area contributed by atoms with E-state index in [9.17, 15) is 14.4 Å². The maximum atomic E-state index is 14.1. The van der Waals surface area contributed by atoms with Gasteiger partial charge in [0.2, 0.25) is 5.95 Å². The molecule has 9 nitrogen and oxygen atoms in total. The SMILES string of the molecule is CNC(=O)c1ccc(-n2c(-n3ccc(C4CC4)n3)nc3c(c2=O)C[C@@H](C)N(C(=O)c2ccc(Br)c(C)c2)C3)cc1. The Balaban J connectivity index is 1.45. The number of carbonyl (C=O) groups is 2. The average Bonchev–Trinajstić information content (AvgIpc) is 3.70. The number of carbonyl (C=O) groups excluding carboxylic acids is 2. The van der Waals surface area contributed by atoms with E-state index in [1.807, 2.05) is 44.3 Å². The molecule has 2 aliphatic rings. The number of rotatable bonds is 5. The summed E-state index contributed by atoms with van der Waals surface area (Å²) < 4.78 is 4.14. The van der Waals surface area contributed by atoms with Crippen LogP contribution in [0.15, 0.2) is 64.0 Å². The van der Waals surface area contributed by atoms with Gasteiger partial charge in [-0.15, -0.1) is 0 Å². The Morgan fingerprint density at radius 1 is 1.05 bits per heavy atom. The predicted octanol–water partition coefficient (Wildman–Crippen LogP) is 4.31. The number of nitrogens with zero attached hydrogens (tertiary/aromatic N) is 5. The Morgan fingerprint density at radius 2 is 1.77 bits per heavy atom. The van der Waals surface area contributed by atoms with Gasteiger partial charge in [-0.05, 0) is 87.2 Å². The second-order valence-electron chi connectivity index (χ2n) is 10.5. The molecule has 4 aromatic rings. The average molecular weight is 602 g/mol. The first-order valence-electron chi connectivity index (χ1n) is 13.4. The highest BCUT2D eigenvalue weighted by atomic mass is 79.9. The summed E-state index contributed by atoms with van der Waals surface area (Å²) in [5.41, 5.74) is 4.59. The third-order valence-corrected chi connectivity index (χ3v) is 8.58. The van der Waals surface area contributed by atoms with Gasteiger partial charge in [-0.3, -0.25) is 14.4 Å². The molecule has 204 valence electrons. The number of hydrogen-bond donors (Lipinski definition) is 1. The molecule has 10 heteroatoms. The van der Waals surface area contributed by atoms with E-state index in [2.05, 4.69) is 21.2 Å². The molecule has 0 saturated heterocycles. The monoisotopic (exact) mass is 600 g/mol. The van der Waals surface area contributed by atoms with Crippen molar-refractivity contribution in [2.24, 2.45) is 0 Å². The number of aryl methyl sites for hydroxylation is 1. The summed E-state index contributed by atoms with van der Waals surface area (Å²) >= 11 is 3.50. The Bertz CT molecular complexity index is 1700. The third-order valence-electron chi connectivity index (χ3n) is 7.69. The Labute approximate surface area is 240 Å². The van der Waals surface area contributed by atoms with E-state index in [-0.39, 0.29) is 30.0 Å². The van der Waals surface area contributed by atoms with Gasteiger partial charge in [0.15, 0.2) is 0 Å². The number of benzene rings is 2. The van der Waals surface area contributed by atoms with Crippen LogP contribution in [0, 0.1) is 6.92 Å². The molecule has 2 aromatic carbocycles. The Morgan fingerprint density at radius 3 is 2.45 bits per heavy atom. The molecule has 6 rings (SSSR count). The van der Waals surface area contributed by atoms with Gasteiger partial charge < -0.3 is 10.2 Å². The number of halogens is 1. The predicted molar refractivity (Wildman–Crippen MR) is 154 cm³/mol. The van der Waals surface area contributed by atoms with Crippen molar-refractivity contribution in [3.8, 4) is 11.6 Å². The van der Waals surface area contributed by atoms with E-state index in [1.54, 1.807) is 45.5 Å². The molecule has 1 saturated carbocycles. The van der Waals surface area contributed by atoms with Crippen LogP contribution in [0.5, 0.6) is 0 Å². The van der Waals surface area contributed by atoms with Gasteiger partial charge >= 0.3 is 0 Å². The first-order valence-corrected chi connectivity index (χ1v) is 14.1. The lowest BCUT2D eigenvalue weighted by atomic mass is 9.98. The molecule has 0 bridgehead atoms. The van der Waals surface area contributed by atoms with Crippen molar-refractivity contribution in [1.29, 1.82) is 0 Å². The van der Waals surface area contributed by atoms with Crippen LogP contribution < -0.4 is 10.9 Å². The van der Waals surface area contributed by atoms with Gasteiger partial charge in [0, 0.05) is 46.4 Å². The van der Waals surface area contributed by atoms with Gasteiger partial charge in [0.25, 0.3) is 17.4 Å². The van der Waals surface area contributed by atoms with Gasteiger partial charge in [0.05, 0.1) is 23.6 Å². The summed E-state index contributed by atoms with van der Waals surface area (Å²) in [5.74, 6) is 0.489. The van der Waals surface area contributed by atoms with E-state index in [0.29, 0.717) is 46.4 Å². The van der Waals surface area contributed by atoms with Crippen LogP contribution in [-0.4, -0.2) is 49.1 Å². The molecule has 0 spiro atoms. The first kappa shape index (κ1) is 26.2. The lowest BCUT2D eigenvalue weighted by molar-refractivity contribution is 0.0652. The van der Waals surface area contributed by atoms with Crippen molar-refractivity contribution in [3.63, 3.8) is 0 Å². The summed E-state index contributed by atoms with van der Waals surface area (Å²) in [6.07, 6.45) is 4.42. The van der Waals surface area contributed by atoms with Gasteiger partial charge in [-0.25, -0.2) is 14.2 Å². The van der Waals surface area contributed by atoms with E-state index >= 15 is 0 Å². The molecule has 1 aliphatic carbocycles. The molecule has 2 aromatic heterocycles. The fourth-order valence-corrected chi connectivity index (χ4v) is 5.45. The number of amides is 2. The third kappa shape index (κ3) is 4.66. The topological polar surface area (TPSA) is 102 Å². The van der Waals surface area contributed by atoms with Crippen molar-refractivity contribution in [2.75, 3.05) is 7.05 Å². The number of aromatic nitrogens is 4. The first-order chi connectivity index (χ1) is 19.2. The molecule has 40 heavy (non-hydrogen) atoms. The van der Waals surface area contributed by atoms with Crippen LogP contribution in [-0.2, 0) is 13.0 Å².